The minimum absolute atomic E-state index is 0.00969. The van der Waals surface area contributed by atoms with Gasteiger partial charge >= 0.3 is 5.97 Å². The van der Waals surface area contributed by atoms with Crippen molar-refractivity contribution in [2.45, 2.75) is 109 Å². The van der Waals surface area contributed by atoms with Gasteiger partial charge in [0.15, 0.2) is 5.78 Å². The van der Waals surface area contributed by atoms with Crippen LogP contribution in [-0.2, 0) is 9.59 Å². The van der Waals surface area contributed by atoms with Crippen molar-refractivity contribution in [1.29, 1.82) is 0 Å². The number of rotatable bonds is 12. The highest BCUT2D eigenvalue weighted by molar-refractivity contribution is 6.00. The lowest BCUT2D eigenvalue weighted by molar-refractivity contribution is -0.137. The quantitative estimate of drug-likeness (QED) is 0.408. The molecule has 0 spiro atoms. The normalized spacial score (nSPS) is 23.1. The molecule has 0 aliphatic heterocycles. The molecule has 2 atom stereocenters. The molecule has 5 heteroatoms. The predicted molar refractivity (Wildman–Crippen MR) is 114 cm³/mol. The number of hydrogen-bond donors (Lipinski definition) is 3. The summed E-state index contributed by atoms with van der Waals surface area (Å²) in [5.74, 6) is -0.0764. The van der Waals surface area contributed by atoms with Crippen LogP contribution < -0.4 is 0 Å². The zero-order chi connectivity index (χ0) is 21.3. The molecule has 29 heavy (non-hydrogen) atoms. The molecule has 1 saturated carbocycles. The Hall–Kier alpha value is -1.46. The number of hydrogen-bond acceptors (Lipinski definition) is 4. The topological polar surface area (TPSA) is 94.8 Å². The van der Waals surface area contributed by atoms with Crippen LogP contribution in [0.5, 0.6) is 0 Å². The van der Waals surface area contributed by atoms with E-state index in [4.69, 9.17) is 5.11 Å². The van der Waals surface area contributed by atoms with Crippen LogP contribution in [0.1, 0.15) is 96.8 Å². The second kappa shape index (κ2) is 11.7. The van der Waals surface area contributed by atoms with Crippen LogP contribution in [-0.4, -0.2) is 38.8 Å². The molecule has 2 rings (SSSR count). The Kier molecular flexibility index (Phi) is 9.57. The molecule has 0 aromatic rings. The third kappa shape index (κ3) is 8.43. The Bertz CT molecular complexity index is 611. The molecule has 3 N–H and O–H groups in total. The number of carboxylic acids is 1. The standard InChI is InChI=1S/C24H38O5/c1-24(29,15-13-18-9-5-4-6-10-18)16-14-20-19(21(25)17-22(20)26)11-7-2-3-8-12-23(27)28/h14,16,18,22,26,29H,2-13,15,17H2,1H3,(H,27,28). The van der Waals surface area contributed by atoms with E-state index in [-0.39, 0.29) is 18.6 Å². The Labute approximate surface area is 174 Å². The molecule has 164 valence electrons. The largest absolute Gasteiger partial charge is 0.481 e. The summed E-state index contributed by atoms with van der Waals surface area (Å²) in [4.78, 5) is 22.8. The van der Waals surface area contributed by atoms with Gasteiger partial charge in [0.1, 0.15) is 0 Å². The molecule has 0 bridgehead atoms. The monoisotopic (exact) mass is 406 g/mol. The average molecular weight is 407 g/mol. The molecule has 1 fully saturated rings. The number of carboxylic acid groups (broad SMARTS) is 1. The first-order valence-electron chi connectivity index (χ1n) is 11.4. The summed E-state index contributed by atoms with van der Waals surface area (Å²) < 4.78 is 0. The van der Waals surface area contributed by atoms with E-state index in [1.165, 1.54) is 32.1 Å². The van der Waals surface area contributed by atoms with Crippen molar-refractivity contribution in [1.82, 2.24) is 0 Å². The van der Waals surface area contributed by atoms with Crippen LogP contribution in [0, 0.1) is 5.92 Å². The maximum Gasteiger partial charge on any atom is 0.303 e. The van der Waals surface area contributed by atoms with E-state index in [0.717, 1.165) is 25.7 Å². The molecule has 2 aliphatic rings. The predicted octanol–water partition coefficient (Wildman–Crippen LogP) is 4.71. The third-order valence-electron chi connectivity index (χ3n) is 6.40. The first-order valence-corrected chi connectivity index (χ1v) is 11.4. The van der Waals surface area contributed by atoms with Crippen molar-refractivity contribution in [3.05, 3.63) is 23.3 Å². The minimum Gasteiger partial charge on any atom is -0.481 e. The van der Waals surface area contributed by atoms with Gasteiger partial charge in [-0.2, -0.15) is 0 Å². The lowest BCUT2D eigenvalue weighted by Crippen LogP contribution is -2.23. The van der Waals surface area contributed by atoms with E-state index in [1.54, 1.807) is 19.1 Å². The highest BCUT2D eigenvalue weighted by Crippen LogP contribution is 2.32. The number of carbonyl (C=O) groups is 2. The van der Waals surface area contributed by atoms with Gasteiger partial charge in [-0.05, 0) is 50.5 Å². The molecule has 0 radical (unpaired) electrons. The van der Waals surface area contributed by atoms with E-state index in [2.05, 4.69) is 0 Å². The van der Waals surface area contributed by atoms with E-state index < -0.39 is 17.7 Å². The lowest BCUT2D eigenvalue weighted by Gasteiger charge is -2.26. The Morgan fingerprint density at radius 1 is 1.14 bits per heavy atom. The summed E-state index contributed by atoms with van der Waals surface area (Å²) in [6.07, 6.45) is 15.0. The van der Waals surface area contributed by atoms with Crippen molar-refractivity contribution >= 4 is 11.8 Å². The maximum atomic E-state index is 12.3. The maximum absolute atomic E-state index is 12.3. The summed E-state index contributed by atoms with van der Waals surface area (Å²) >= 11 is 0. The van der Waals surface area contributed by atoms with Gasteiger partial charge in [0.05, 0.1) is 11.7 Å². The summed E-state index contributed by atoms with van der Waals surface area (Å²) in [5, 5.41) is 29.7. The zero-order valence-corrected chi connectivity index (χ0v) is 17.9. The van der Waals surface area contributed by atoms with Crippen molar-refractivity contribution < 1.29 is 24.9 Å². The molecular weight excluding hydrogens is 368 g/mol. The van der Waals surface area contributed by atoms with Crippen molar-refractivity contribution in [2.75, 3.05) is 0 Å². The zero-order valence-electron chi connectivity index (χ0n) is 17.9. The smallest absolute Gasteiger partial charge is 0.303 e. The SMILES string of the molecule is CC(O)(C=CC1=C(CCCCCCC(=O)O)C(=O)CC1O)CCC1CCCCC1. The number of aliphatic hydroxyl groups excluding tert-OH is 1. The molecule has 2 unspecified atom stereocenters. The fourth-order valence-electron chi connectivity index (χ4n) is 4.52. The summed E-state index contributed by atoms with van der Waals surface area (Å²) in [7, 11) is 0. The minimum atomic E-state index is -0.933. The Morgan fingerprint density at radius 2 is 1.83 bits per heavy atom. The fraction of sp³-hybridized carbons (Fsp3) is 0.750. The number of Topliss-reactive ketones (excluding diaryl/α,β-unsaturated/α-hetero) is 1. The first kappa shape index (κ1) is 23.8. The Morgan fingerprint density at radius 3 is 2.52 bits per heavy atom. The second-order valence-electron chi connectivity index (χ2n) is 9.12. The van der Waals surface area contributed by atoms with Gasteiger partial charge in [-0.15, -0.1) is 0 Å². The van der Waals surface area contributed by atoms with Crippen molar-refractivity contribution in [2.24, 2.45) is 5.92 Å². The van der Waals surface area contributed by atoms with Gasteiger partial charge in [0.25, 0.3) is 0 Å². The molecule has 0 saturated heterocycles. The van der Waals surface area contributed by atoms with Gasteiger partial charge < -0.3 is 15.3 Å². The van der Waals surface area contributed by atoms with Crippen LogP contribution in [0.15, 0.2) is 23.3 Å². The molecule has 0 amide bonds. The van der Waals surface area contributed by atoms with Crippen molar-refractivity contribution in [3.63, 3.8) is 0 Å². The van der Waals surface area contributed by atoms with Crippen LogP contribution in [0.2, 0.25) is 0 Å². The highest BCUT2D eigenvalue weighted by Gasteiger charge is 2.29. The van der Waals surface area contributed by atoms with Gasteiger partial charge in [-0.25, -0.2) is 0 Å². The van der Waals surface area contributed by atoms with E-state index >= 15 is 0 Å². The van der Waals surface area contributed by atoms with Crippen LogP contribution >= 0.6 is 0 Å². The molecule has 0 aromatic carbocycles. The van der Waals surface area contributed by atoms with Gasteiger partial charge in [-0.1, -0.05) is 57.1 Å². The number of allylic oxidation sites excluding steroid dienone is 1. The Balaban J connectivity index is 1.87. The van der Waals surface area contributed by atoms with Gasteiger partial charge in [-0.3, -0.25) is 9.59 Å². The lowest BCUT2D eigenvalue weighted by atomic mass is 9.83. The number of unbranched alkanes of at least 4 members (excludes halogenated alkanes) is 3. The molecular formula is C24H38O5. The number of carbonyl (C=O) groups excluding carboxylic acids is 1. The summed E-state index contributed by atoms with van der Waals surface area (Å²) in [6, 6.07) is 0. The fourth-order valence-corrected chi connectivity index (χ4v) is 4.52. The summed E-state index contributed by atoms with van der Waals surface area (Å²) in [6.45, 7) is 1.80. The molecule has 0 heterocycles. The van der Waals surface area contributed by atoms with Gasteiger partial charge in [0.2, 0.25) is 0 Å². The van der Waals surface area contributed by atoms with Crippen LogP contribution in [0.3, 0.4) is 0 Å². The third-order valence-corrected chi connectivity index (χ3v) is 6.40. The van der Waals surface area contributed by atoms with E-state index in [0.29, 0.717) is 36.3 Å². The molecule has 0 aromatic heterocycles. The van der Waals surface area contributed by atoms with Crippen molar-refractivity contribution in [3.8, 4) is 0 Å². The highest BCUT2D eigenvalue weighted by atomic mass is 16.4. The van der Waals surface area contributed by atoms with Crippen LogP contribution in [0.4, 0.5) is 0 Å². The van der Waals surface area contributed by atoms with E-state index in [1.807, 2.05) is 0 Å². The average Bonchev–Trinajstić information content (AvgIpc) is 2.94. The first-order chi connectivity index (χ1) is 13.8. The van der Waals surface area contributed by atoms with E-state index in [9.17, 15) is 19.8 Å². The number of aliphatic hydroxyl groups is 2. The number of aliphatic carboxylic acids is 1. The number of ketones is 1. The molecule has 2 aliphatic carbocycles. The van der Waals surface area contributed by atoms with Gasteiger partial charge in [0, 0.05) is 18.4 Å². The molecule has 5 nitrogen and oxygen atoms in total. The van der Waals surface area contributed by atoms with Crippen LogP contribution in [0.25, 0.3) is 0 Å². The second-order valence-corrected chi connectivity index (χ2v) is 9.12. The summed E-state index contributed by atoms with van der Waals surface area (Å²) in [5.41, 5.74) is 0.395.